The Bertz CT molecular complexity index is 345. The maximum atomic E-state index is 3.75. The number of nitrogens with one attached hydrogen (secondary N) is 1. The summed E-state index contributed by atoms with van der Waals surface area (Å²) in [5.74, 6) is 0.818. The Morgan fingerprint density at radius 1 is 1.18 bits per heavy atom. The third-order valence-corrected chi connectivity index (χ3v) is 3.89. The van der Waals surface area contributed by atoms with E-state index in [1.165, 1.54) is 32.1 Å². The van der Waals surface area contributed by atoms with Crippen molar-refractivity contribution in [3.05, 3.63) is 35.4 Å². The van der Waals surface area contributed by atoms with Gasteiger partial charge in [0.1, 0.15) is 0 Å². The van der Waals surface area contributed by atoms with Crippen molar-refractivity contribution in [1.82, 2.24) is 5.32 Å². The lowest BCUT2D eigenvalue weighted by molar-refractivity contribution is 0.358. The average molecular weight is 231 g/mol. The van der Waals surface area contributed by atoms with Gasteiger partial charge < -0.3 is 5.32 Å². The molecule has 1 aliphatic carbocycles. The summed E-state index contributed by atoms with van der Waals surface area (Å²) in [5.41, 5.74) is 3.13. The molecule has 94 valence electrons. The van der Waals surface area contributed by atoms with Gasteiger partial charge in [-0.15, -0.1) is 0 Å². The van der Waals surface area contributed by atoms with Crippen LogP contribution in [0.3, 0.4) is 0 Å². The molecular weight excluding hydrogens is 206 g/mol. The van der Waals surface area contributed by atoms with Gasteiger partial charge in [-0.05, 0) is 42.9 Å². The van der Waals surface area contributed by atoms with Crippen LogP contribution in [0.4, 0.5) is 0 Å². The van der Waals surface area contributed by atoms with Crippen molar-refractivity contribution < 1.29 is 0 Å². The Hall–Kier alpha value is -0.820. The van der Waals surface area contributed by atoms with Gasteiger partial charge in [-0.2, -0.15) is 0 Å². The first-order valence-electron chi connectivity index (χ1n) is 7.18. The van der Waals surface area contributed by atoms with E-state index in [1.54, 1.807) is 11.1 Å². The molecule has 0 bridgehead atoms. The van der Waals surface area contributed by atoms with Crippen LogP contribution in [0.5, 0.6) is 0 Å². The van der Waals surface area contributed by atoms with Gasteiger partial charge in [-0.25, -0.2) is 0 Å². The number of fused-ring (bicyclic) bond motifs is 1. The molecule has 0 aliphatic heterocycles. The van der Waals surface area contributed by atoms with Crippen LogP contribution in [-0.2, 0) is 6.42 Å². The summed E-state index contributed by atoms with van der Waals surface area (Å²) in [4.78, 5) is 0. The summed E-state index contributed by atoms with van der Waals surface area (Å²) in [6.45, 7) is 5.67. The van der Waals surface area contributed by atoms with E-state index in [1.807, 2.05) is 0 Å². The van der Waals surface area contributed by atoms with Crippen molar-refractivity contribution in [2.24, 2.45) is 5.92 Å². The summed E-state index contributed by atoms with van der Waals surface area (Å²) in [6.07, 6.45) is 6.54. The molecule has 0 saturated heterocycles. The van der Waals surface area contributed by atoms with Gasteiger partial charge in [-0.1, -0.05) is 51.0 Å². The average Bonchev–Trinajstić information content (AvgIpc) is 2.71. The van der Waals surface area contributed by atoms with Crippen LogP contribution < -0.4 is 5.32 Å². The van der Waals surface area contributed by atoms with Crippen LogP contribution in [0.15, 0.2) is 24.3 Å². The quantitative estimate of drug-likeness (QED) is 0.777. The smallest absolute Gasteiger partial charge is 0.0354 e. The zero-order chi connectivity index (χ0) is 12.1. The van der Waals surface area contributed by atoms with Crippen LogP contribution in [-0.4, -0.2) is 6.54 Å². The highest BCUT2D eigenvalue weighted by molar-refractivity contribution is 5.35. The zero-order valence-corrected chi connectivity index (χ0v) is 11.2. The summed E-state index contributed by atoms with van der Waals surface area (Å²) in [5, 5.41) is 3.75. The first-order chi connectivity index (χ1) is 8.36. The third-order valence-electron chi connectivity index (χ3n) is 3.89. The van der Waals surface area contributed by atoms with Crippen LogP contribution >= 0.6 is 0 Å². The normalized spacial score (nSPS) is 22.7. The molecule has 2 atom stereocenters. The lowest BCUT2D eigenvalue weighted by Gasteiger charge is -2.21. The van der Waals surface area contributed by atoms with E-state index in [2.05, 4.69) is 43.4 Å². The molecule has 1 nitrogen and oxygen atoms in total. The van der Waals surface area contributed by atoms with E-state index in [4.69, 9.17) is 0 Å². The monoisotopic (exact) mass is 231 g/mol. The molecule has 1 aliphatic rings. The maximum absolute atomic E-state index is 3.75. The summed E-state index contributed by atoms with van der Waals surface area (Å²) in [7, 11) is 0. The molecule has 1 N–H and O–H groups in total. The molecule has 1 heteroatoms. The minimum Gasteiger partial charge on any atom is -0.310 e. The highest BCUT2D eigenvalue weighted by Crippen LogP contribution is 2.38. The number of benzene rings is 1. The van der Waals surface area contributed by atoms with Crippen molar-refractivity contribution >= 4 is 0 Å². The summed E-state index contributed by atoms with van der Waals surface area (Å²) >= 11 is 0. The first-order valence-corrected chi connectivity index (χ1v) is 7.18. The van der Waals surface area contributed by atoms with E-state index in [0.29, 0.717) is 6.04 Å². The van der Waals surface area contributed by atoms with Crippen molar-refractivity contribution in [3.63, 3.8) is 0 Å². The fraction of sp³-hybridized carbons (Fsp3) is 0.625. The Balaban J connectivity index is 2.09. The van der Waals surface area contributed by atoms with Gasteiger partial charge in [0.2, 0.25) is 0 Å². The Kier molecular flexibility index (Phi) is 4.61. The molecule has 0 saturated carbocycles. The lowest BCUT2D eigenvalue weighted by atomic mass is 9.94. The second-order valence-corrected chi connectivity index (χ2v) is 5.24. The van der Waals surface area contributed by atoms with Crippen molar-refractivity contribution in [1.29, 1.82) is 0 Å². The zero-order valence-electron chi connectivity index (χ0n) is 11.2. The number of rotatable bonds is 6. The van der Waals surface area contributed by atoms with Gasteiger partial charge in [0.15, 0.2) is 0 Å². The molecule has 0 fully saturated rings. The Morgan fingerprint density at radius 2 is 2.00 bits per heavy atom. The minimum atomic E-state index is 0.609. The largest absolute Gasteiger partial charge is 0.310 e. The number of hydrogen-bond acceptors (Lipinski definition) is 1. The first kappa shape index (κ1) is 12.6. The molecule has 0 radical (unpaired) electrons. The van der Waals surface area contributed by atoms with E-state index in [0.717, 1.165) is 12.5 Å². The number of unbranched alkanes of at least 4 members (excludes halogenated alkanes) is 1. The molecule has 2 rings (SSSR count). The van der Waals surface area contributed by atoms with Crippen molar-refractivity contribution in [2.75, 3.05) is 6.54 Å². The molecule has 1 aromatic carbocycles. The molecule has 0 amide bonds. The van der Waals surface area contributed by atoms with Gasteiger partial charge in [0, 0.05) is 6.04 Å². The van der Waals surface area contributed by atoms with Crippen molar-refractivity contribution in [2.45, 2.75) is 52.0 Å². The van der Waals surface area contributed by atoms with Crippen LogP contribution in [0.2, 0.25) is 0 Å². The molecule has 0 aromatic heterocycles. The highest BCUT2D eigenvalue weighted by Gasteiger charge is 2.30. The number of hydrogen-bond donors (Lipinski definition) is 1. The molecule has 0 heterocycles. The fourth-order valence-corrected chi connectivity index (χ4v) is 2.99. The second kappa shape index (κ2) is 6.20. The second-order valence-electron chi connectivity index (χ2n) is 5.24. The topological polar surface area (TPSA) is 12.0 Å². The van der Waals surface area contributed by atoms with Crippen LogP contribution in [0, 0.1) is 5.92 Å². The Labute approximate surface area is 106 Å². The minimum absolute atomic E-state index is 0.609. The van der Waals surface area contributed by atoms with Gasteiger partial charge in [0.05, 0.1) is 0 Å². The van der Waals surface area contributed by atoms with Crippen LogP contribution in [0.25, 0.3) is 0 Å². The fourth-order valence-electron chi connectivity index (χ4n) is 2.99. The Morgan fingerprint density at radius 3 is 2.76 bits per heavy atom. The molecule has 17 heavy (non-hydrogen) atoms. The third kappa shape index (κ3) is 2.90. The van der Waals surface area contributed by atoms with Gasteiger partial charge >= 0.3 is 0 Å². The van der Waals surface area contributed by atoms with Gasteiger partial charge in [0.25, 0.3) is 0 Å². The predicted molar refractivity (Wildman–Crippen MR) is 74.2 cm³/mol. The SMILES string of the molecule is CCCCC1Cc2ccccc2C1NCCC. The van der Waals surface area contributed by atoms with E-state index >= 15 is 0 Å². The standard InChI is InChI=1S/C16H25N/c1-3-5-8-14-12-13-9-6-7-10-15(13)16(14)17-11-4-2/h6-7,9-10,14,16-17H,3-5,8,11-12H2,1-2H3. The molecule has 0 spiro atoms. The van der Waals surface area contributed by atoms with E-state index in [9.17, 15) is 0 Å². The van der Waals surface area contributed by atoms with E-state index < -0.39 is 0 Å². The molecular formula is C16H25N. The maximum Gasteiger partial charge on any atom is 0.0354 e. The van der Waals surface area contributed by atoms with Crippen LogP contribution in [0.1, 0.15) is 56.7 Å². The summed E-state index contributed by atoms with van der Waals surface area (Å²) in [6, 6.07) is 9.59. The summed E-state index contributed by atoms with van der Waals surface area (Å²) < 4.78 is 0. The lowest BCUT2D eigenvalue weighted by Crippen LogP contribution is -2.26. The predicted octanol–water partition coefficient (Wildman–Crippen LogP) is 4.09. The van der Waals surface area contributed by atoms with Gasteiger partial charge in [-0.3, -0.25) is 0 Å². The highest BCUT2D eigenvalue weighted by atomic mass is 14.9. The molecule has 1 aromatic rings. The van der Waals surface area contributed by atoms with Crippen molar-refractivity contribution in [3.8, 4) is 0 Å². The molecule has 2 unspecified atom stereocenters. The van der Waals surface area contributed by atoms with E-state index in [-0.39, 0.29) is 0 Å².